The topological polar surface area (TPSA) is 32.3 Å². The van der Waals surface area contributed by atoms with Gasteiger partial charge in [0.25, 0.3) is 6.43 Å². The molecule has 4 heteroatoms. The zero-order valence-corrected chi connectivity index (χ0v) is 10.5. The highest BCUT2D eigenvalue weighted by molar-refractivity contribution is 5.50. The maximum atomic E-state index is 12.6. The third-order valence-electron chi connectivity index (χ3n) is 2.90. The first-order valence-electron chi connectivity index (χ1n) is 5.97. The van der Waals surface area contributed by atoms with E-state index in [-0.39, 0.29) is 11.3 Å². The molecular formula is C15H15F2NO. The van der Waals surface area contributed by atoms with Crippen LogP contribution in [0, 0.1) is 6.92 Å². The van der Waals surface area contributed by atoms with Gasteiger partial charge in [0.1, 0.15) is 5.75 Å². The first-order chi connectivity index (χ1) is 9.06. The summed E-state index contributed by atoms with van der Waals surface area (Å²) in [6.45, 7) is 2.27. The van der Waals surface area contributed by atoms with Crippen molar-refractivity contribution in [2.24, 2.45) is 0 Å². The van der Waals surface area contributed by atoms with Gasteiger partial charge in [-0.15, -0.1) is 0 Å². The summed E-state index contributed by atoms with van der Waals surface area (Å²) in [5.74, 6) is 0.241. The second-order valence-electron chi connectivity index (χ2n) is 4.40. The van der Waals surface area contributed by atoms with Gasteiger partial charge in [-0.3, -0.25) is 0 Å². The Morgan fingerprint density at radius 3 is 2.63 bits per heavy atom. The summed E-state index contributed by atoms with van der Waals surface area (Å²) >= 11 is 0. The smallest absolute Gasteiger partial charge is 0.263 e. The monoisotopic (exact) mass is 263 g/mol. The van der Waals surface area contributed by atoms with Crippen molar-refractivity contribution < 1.29 is 13.9 Å². The summed E-state index contributed by atoms with van der Waals surface area (Å²) < 4.78 is 25.1. The van der Waals surface area contributed by atoms with E-state index in [1.165, 1.54) is 12.1 Å². The summed E-state index contributed by atoms with van der Waals surface area (Å²) in [5.41, 5.74) is 2.44. The van der Waals surface area contributed by atoms with Crippen LogP contribution in [0.4, 0.5) is 14.5 Å². The number of halogens is 2. The van der Waals surface area contributed by atoms with Gasteiger partial charge in [0.15, 0.2) is 0 Å². The van der Waals surface area contributed by atoms with Gasteiger partial charge in [-0.05, 0) is 42.3 Å². The van der Waals surface area contributed by atoms with Crippen molar-refractivity contribution in [1.82, 2.24) is 0 Å². The Labute approximate surface area is 110 Å². The van der Waals surface area contributed by atoms with E-state index in [2.05, 4.69) is 5.32 Å². The molecular weight excluding hydrogens is 248 g/mol. The molecule has 0 aliphatic carbocycles. The minimum absolute atomic E-state index is 0.0289. The fourth-order valence-electron chi connectivity index (χ4n) is 1.81. The van der Waals surface area contributed by atoms with Gasteiger partial charge in [-0.2, -0.15) is 0 Å². The molecule has 0 saturated heterocycles. The average molecular weight is 263 g/mol. The average Bonchev–Trinajstić information content (AvgIpc) is 2.40. The molecule has 0 aliphatic rings. The van der Waals surface area contributed by atoms with Gasteiger partial charge in [0, 0.05) is 17.8 Å². The largest absolute Gasteiger partial charge is 0.508 e. The summed E-state index contributed by atoms with van der Waals surface area (Å²) in [7, 11) is 0. The van der Waals surface area contributed by atoms with Gasteiger partial charge < -0.3 is 10.4 Å². The Balaban J connectivity index is 2.05. The molecule has 19 heavy (non-hydrogen) atoms. The minimum Gasteiger partial charge on any atom is -0.508 e. The van der Waals surface area contributed by atoms with E-state index in [4.69, 9.17) is 0 Å². The van der Waals surface area contributed by atoms with Gasteiger partial charge in [-0.25, -0.2) is 8.78 Å². The summed E-state index contributed by atoms with van der Waals surface area (Å²) in [5, 5.41) is 12.6. The molecule has 0 bridgehead atoms. The number of rotatable bonds is 4. The van der Waals surface area contributed by atoms with Crippen LogP contribution in [0.2, 0.25) is 0 Å². The van der Waals surface area contributed by atoms with E-state index in [0.29, 0.717) is 6.54 Å². The number of nitrogens with one attached hydrogen (secondary N) is 1. The fraction of sp³-hybridized carbons (Fsp3) is 0.200. The van der Waals surface area contributed by atoms with Crippen LogP contribution in [0.15, 0.2) is 42.5 Å². The van der Waals surface area contributed by atoms with E-state index in [1.54, 1.807) is 31.2 Å². The molecule has 2 nitrogen and oxygen atoms in total. The zero-order chi connectivity index (χ0) is 13.8. The molecule has 0 unspecified atom stereocenters. The van der Waals surface area contributed by atoms with Gasteiger partial charge in [0.05, 0.1) is 0 Å². The van der Waals surface area contributed by atoms with Crippen LogP contribution in [0.25, 0.3) is 0 Å². The Morgan fingerprint density at radius 2 is 1.95 bits per heavy atom. The van der Waals surface area contributed by atoms with Crippen molar-refractivity contribution in [1.29, 1.82) is 0 Å². The van der Waals surface area contributed by atoms with Crippen LogP contribution in [0.1, 0.15) is 23.1 Å². The molecule has 0 aromatic heterocycles. The number of aromatic hydroxyl groups is 1. The first kappa shape index (κ1) is 13.3. The predicted octanol–water partition coefficient (Wildman–Crippen LogP) is 4.25. The Kier molecular flexibility index (Phi) is 4.00. The summed E-state index contributed by atoms with van der Waals surface area (Å²) in [6, 6.07) is 11.5. The van der Waals surface area contributed by atoms with Crippen LogP contribution < -0.4 is 5.32 Å². The van der Waals surface area contributed by atoms with E-state index in [1.807, 2.05) is 6.07 Å². The highest BCUT2D eigenvalue weighted by Crippen LogP contribution is 2.22. The number of aryl methyl sites for hydroxylation is 1. The van der Waals surface area contributed by atoms with Gasteiger partial charge in [0.2, 0.25) is 0 Å². The highest BCUT2D eigenvalue weighted by atomic mass is 19.3. The van der Waals surface area contributed by atoms with Crippen molar-refractivity contribution in [3.8, 4) is 5.75 Å². The van der Waals surface area contributed by atoms with Crippen LogP contribution in [0.5, 0.6) is 5.75 Å². The molecule has 2 N–H and O–H groups in total. The molecule has 2 aromatic carbocycles. The van der Waals surface area contributed by atoms with E-state index < -0.39 is 6.43 Å². The standard InChI is InChI=1S/C15H15F2NO/c1-10-7-13(5-6-14(10)19)18-9-11-3-2-4-12(8-11)15(16)17/h2-8,15,18-19H,9H2,1H3. The molecule has 2 aromatic rings. The number of alkyl halides is 2. The molecule has 0 atom stereocenters. The molecule has 0 fully saturated rings. The third-order valence-corrected chi connectivity index (χ3v) is 2.90. The molecule has 0 saturated carbocycles. The number of phenolic OH excluding ortho intramolecular Hbond substituents is 1. The summed E-state index contributed by atoms with van der Waals surface area (Å²) in [4.78, 5) is 0. The number of benzene rings is 2. The predicted molar refractivity (Wildman–Crippen MR) is 71.6 cm³/mol. The first-order valence-corrected chi connectivity index (χ1v) is 5.97. The lowest BCUT2D eigenvalue weighted by Gasteiger charge is -2.09. The lowest BCUT2D eigenvalue weighted by molar-refractivity contribution is 0.151. The second-order valence-corrected chi connectivity index (χ2v) is 4.40. The molecule has 2 rings (SSSR count). The fourth-order valence-corrected chi connectivity index (χ4v) is 1.81. The Hall–Kier alpha value is -2.10. The van der Waals surface area contributed by atoms with Crippen molar-refractivity contribution in [3.05, 3.63) is 59.2 Å². The second kappa shape index (κ2) is 5.69. The lowest BCUT2D eigenvalue weighted by atomic mass is 10.1. The molecule has 0 heterocycles. The van der Waals surface area contributed by atoms with Crippen molar-refractivity contribution in [2.45, 2.75) is 19.9 Å². The maximum Gasteiger partial charge on any atom is 0.263 e. The molecule has 100 valence electrons. The Bertz CT molecular complexity index is 570. The third kappa shape index (κ3) is 3.44. The maximum absolute atomic E-state index is 12.6. The highest BCUT2D eigenvalue weighted by Gasteiger charge is 2.06. The van der Waals surface area contributed by atoms with Crippen LogP contribution in [-0.2, 0) is 6.54 Å². The molecule has 0 radical (unpaired) electrons. The van der Waals surface area contributed by atoms with E-state index >= 15 is 0 Å². The van der Waals surface area contributed by atoms with Gasteiger partial charge >= 0.3 is 0 Å². The zero-order valence-electron chi connectivity index (χ0n) is 10.5. The van der Waals surface area contributed by atoms with Gasteiger partial charge in [-0.1, -0.05) is 18.2 Å². The number of hydrogen-bond donors (Lipinski definition) is 2. The number of hydrogen-bond acceptors (Lipinski definition) is 2. The summed E-state index contributed by atoms with van der Waals surface area (Å²) in [6.07, 6.45) is -2.45. The number of anilines is 1. The van der Waals surface area contributed by atoms with Crippen molar-refractivity contribution in [2.75, 3.05) is 5.32 Å². The van der Waals surface area contributed by atoms with Crippen molar-refractivity contribution in [3.63, 3.8) is 0 Å². The normalized spacial score (nSPS) is 10.7. The molecule has 0 spiro atoms. The molecule has 0 amide bonds. The van der Waals surface area contributed by atoms with Crippen LogP contribution in [0.3, 0.4) is 0 Å². The minimum atomic E-state index is -2.45. The van der Waals surface area contributed by atoms with E-state index in [9.17, 15) is 13.9 Å². The van der Waals surface area contributed by atoms with E-state index in [0.717, 1.165) is 16.8 Å². The molecule has 0 aliphatic heterocycles. The number of phenols is 1. The Morgan fingerprint density at radius 1 is 1.16 bits per heavy atom. The van der Waals surface area contributed by atoms with Crippen LogP contribution >= 0.6 is 0 Å². The quantitative estimate of drug-likeness (QED) is 0.808. The SMILES string of the molecule is Cc1cc(NCc2cccc(C(F)F)c2)ccc1O. The lowest BCUT2D eigenvalue weighted by Crippen LogP contribution is -2.00. The van der Waals surface area contributed by atoms with Crippen LogP contribution in [-0.4, -0.2) is 5.11 Å². The van der Waals surface area contributed by atoms with Crippen molar-refractivity contribution >= 4 is 5.69 Å².